The zero-order chi connectivity index (χ0) is 23.2. The number of aromatic amines is 1. The Morgan fingerprint density at radius 1 is 1.38 bits per heavy atom. The van der Waals surface area contributed by atoms with Crippen LogP contribution in [0.4, 0.5) is 0 Å². The molecule has 8 unspecified atom stereocenters. The van der Waals surface area contributed by atoms with Crippen LogP contribution >= 0.6 is 23.6 Å². The summed E-state index contributed by atoms with van der Waals surface area (Å²) in [5.41, 5.74) is -0.176. The van der Waals surface area contributed by atoms with Gasteiger partial charge in [0.2, 0.25) is 0 Å². The number of hydrogen-bond acceptors (Lipinski definition) is 7. The highest BCUT2D eigenvalue weighted by Crippen LogP contribution is 2.75. The summed E-state index contributed by atoms with van der Waals surface area (Å²) in [4.78, 5) is 15.0. The van der Waals surface area contributed by atoms with Crippen LogP contribution in [0.1, 0.15) is 40.0 Å². The van der Waals surface area contributed by atoms with Crippen molar-refractivity contribution in [1.29, 1.82) is 0 Å². The van der Waals surface area contributed by atoms with Crippen LogP contribution in [-0.4, -0.2) is 41.8 Å². The molecule has 8 atom stereocenters. The molecule has 3 N–H and O–H groups in total. The van der Waals surface area contributed by atoms with Crippen LogP contribution in [0.2, 0.25) is 0 Å². The molecular weight excluding hydrogens is 470 g/mol. The van der Waals surface area contributed by atoms with Gasteiger partial charge < -0.3 is 15.2 Å². The molecule has 5 rings (SSSR count). The summed E-state index contributed by atoms with van der Waals surface area (Å²) in [6, 6.07) is 4.75. The van der Waals surface area contributed by atoms with E-state index in [0.29, 0.717) is 16.8 Å². The molecule has 0 radical (unpaired) electrons. The first-order valence-electron chi connectivity index (χ1n) is 10.9. The molecule has 174 valence electrons. The Labute approximate surface area is 195 Å². The Bertz CT molecular complexity index is 1270. The third kappa shape index (κ3) is 2.86. The number of carboxylic acids is 1. The van der Waals surface area contributed by atoms with E-state index in [0.717, 1.165) is 16.6 Å². The van der Waals surface area contributed by atoms with E-state index in [9.17, 15) is 23.4 Å². The van der Waals surface area contributed by atoms with E-state index in [4.69, 9.17) is 16.4 Å². The maximum absolute atomic E-state index is 13.2. The molecule has 0 aliphatic heterocycles. The van der Waals surface area contributed by atoms with Gasteiger partial charge in [-0.25, -0.2) is 0 Å². The van der Waals surface area contributed by atoms with E-state index in [-0.39, 0.29) is 28.1 Å². The van der Waals surface area contributed by atoms with E-state index in [2.05, 4.69) is 11.9 Å². The lowest BCUT2D eigenvalue weighted by Gasteiger charge is -2.46. The quantitative estimate of drug-likeness (QED) is 0.419. The van der Waals surface area contributed by atoms with Crippen LogP contribution in [0.15, 0.2) is 23.1 Å². The van der Waals surface area contributed by atoms with Crippen molar-refractivity contribution in [2.24, 2.45) is 34.5 Å². The molecule has 3 saturated carbocycles. The Morgan fingerprint density at radius 2 is 2.09 bits per heavy atom. The second kappa shape index (κ2) is 7.09. The summed E-state index contributed by atoms with van der Waals surface area (Å²) in [6.45, 7) is 5.73. The van der Waals surface area contributed by atoms with Crippen LogP contribution in [0.5, 0.6) is 0 Å². The normalized spacial score (nSPS) is 39.4. The summed E-state index contributed by atoms with van der Waals surface area (Å²) in [6.07, 6.45) is 0.509. The fraction of sp³-hybridized carbons (Fsp3) is 0.636. The van der Waals surface area contributed by atoms with Gasteiger partial charge in [-0.3, -0.25) is 8.98 Å². The van der Waals surface area contributed by atoms with Crippen molar-refractivity contribution in [3.05, 3.63) is 22.2 Å². The fourth-order valence-electron chi connectivity index (χ4n) is 7.38. The minimum absolute atomic E-state index is 0.0729. The number of thiazole rings is 1. The highest BCUT2D eigenvalue weighted by molar-refractivity contribution is 7.86. The molecule has 4 bridgehead atoms. The number of fused-ring (bicyclic) bond motifs is 1. The molecule has 3 aliphatic rings. The first-order chi connectivity index (χ1) is 14.9. The van der Waals surface area contributed by atoms with Gasteiger partial charge in [0.05, 0.1) is 33.2 Å². The number of aliphatic hydroxyl groups excluding tert-OH is 1. The number of aliphatic carboxylic acids is 1. The SMILES string of the molecule is CC1C(OS(=O)(=O)c2ccc3[nH]c(=S)sc3c2)CC2C3(C)CCC2(C(C)C(=O)O)C(O)C13. The number of hydrogen-bond donors (Lipinski definition) is 3. The second-order valence-electron chi connectivity index (χ2n) is 10.1. The number of benzene rings is 1. The molecule has 10 heteroatoms. The Kier molecular flexibility index (Phi) is 4.97. The molecule has 3 aliphatic carbocycles. The van der Waals surface area contributed by atoms with E-state index < -0.39 is 39.6 Å². The molecular formula is C22H27NO6S3. The van der Waals surface area contributed by atoms with Gasteiger partial charge in [0.25, 0.3) is 10.1 Å². The minimum Gasteiger partial charge on any atom is -0.481 e. The number of carboxylic acid groups (broad SMARTS) is 1. The molecule has 32 heavy (non-hydrogen) atoms. The fourth-order valence-corrected chi connectivity index (χ4v) is 9.80. The Morgan fingerprint density at radius 3 is 2.78 bits per heavy atom. The van der Waals surface area contributed by atoms with Gasteiger partial charge in [-0.1, -0.05) is 20.8 Å². The van der Waals surface area contributed by atoms with E-state index in [1.165, 1.54) is 17.4 Å². The zero-order valence-corrected chi connectivity index (χ0v) is 20.5. The average Bonchev–Trinajstić information content (AvgIpc) is 3.27. The highest BCUT2D eigenvalue weighted by atomic mass is 32.2. The van der Waals surface area contributed by atoms with Crippen LogP contribution < -0.4 is 0 Å². The lowest BCUT2D eigenvalue weighted by molar-refractivity contribution is -0.152. The van der Waals surface area contributed by atoms with Gasteiger partial charge >= 0.3 is 5.97 Å². The van der Waals surface area contributed by atoms with Gasteiger partial charge in [-0.15, -0.1) is 11.3 Å². The Balaban J connectivity index is 1.48. The highest BCUT2D eigenvalue weighted by Gasteiger charge is 2.75. The zero-order valence-electron chi connectivity index (χ0n) is 18.1. The average molecular weight is 498 g/mol. The number of rotatable bonds is 5. The van der Waals surface area contributed by atoms with Crippen LogP contribution in [0, 0.1) is 38.5 Å². The Hall–Kier alpha value is -1.33. The molecule has 1 heterocycles. The summed E-state index contributed by atoms with van der Waals surface area (Å²) >= 11 is 6.45. The third-order valence-electron chi connectivity index (χ3n) is 8.92. The molecule has 0 amide bonds. The van der Waals surface area contributed by atoms with Crippen LogP contribution in [0.3, 0.4) is 0 Å². The van der Waals surface area contributed by atoms with Crippen molar-refractivity contribution < 1.29 is 27.6 Å². The molecule has 1 aromatic heterocycles. The predicted octanol–water partition coefficient (Wildman–Crippen LogP) is 4.19. The van der Waals surface area contributed by atoms with Crippen LogP contribution in [0.25, 0.3) is 10.2 Å². The number of aliphatic hydroxyl groups is 1. The lowest BCUT2D eigenvalue weighted by Crippen LogP contribution is -2.48. The smallest absolute Gasteiger partial charge is 0.306 e. The minimum atomic E-state index is -4.04. The number of aromatic nitrogens is 1. The number of nitrogens with one attached hydrogen (secondary N) is 1. The maximum Gasteiger partial charge on any atom is 0.306 e. The molecule has 0 saturated heterocycles. The topological polar surface area (TPSA) is 117 Å². The van der Waals surface area contributed by atoms with Crippen molar-refractivity contribution in [2.45, 2.75) is 57.1 Å². The number of carbonyl (C=O) groups is 1. The largest absolute Gasteiger partial charge is 0.481 e. The molecule has 1 aromatic carbocycles. The van der Waals surface area contributed by atoms with Crippen LogP contribution in [-0.2, 0) is 19.1 Å². The summed E-state index contributed by atoms with van der Waals surface area (Å²) < 4.78 is 33.5. The predicted molar refractivity (Wildman–Crippen MR) is 122 cm³/mol. The molecule has 7 nitrogen and oxygen atoms in total. The first-order valence-corrected chi connectivity index (χ1v) is 13.5. The summed E-state index contributed by atoms with van der Waals surface area (Å²) in [7, 11) is -4.04. The maximum atomic E-state index is 13.2. The van der Waals surface area contributed by atoms with Crippen molar-refractivity contribution in [2.75, 3.05) is 0 Å². The van der Waals surface area contributed by atoms with Gasteiger partial charge in [0, 0.05) is 5.41 Å². The van der Waals surface area contributed by atoms with Gasteiger partial charge in [0.1, 0.15) is 0 Å². The standard InChI is InChI=1S/C22H27NO6S3/c1-10-14(29-32(27,28)12-4-5-13-15(8-12)31-20(30)23-13)9-16-21(3)6-7-22(16,11(2)19(25)26)18(24)17(10)21/h4-5,8,10-11,14,16-18,24H,6-7,9H2,1-3H3,(H,23,30)(H,25,26). The van der Waals surface area contributed by atoms with E-state index >= 15 is 0 Å². The van der Waals surface area contributed by atoms with Crippen molar-refractivity contribution >= 4 is 49.9 Å². The van der Waals surface area contributed by atoms with E-state index in [1.54, 1.807) is 19.1 Å². The van der Waals surface area contributed by atoms with Gasteiger partial charge in [-0.2, -0.15) is 8.42 Å². The van der Waals surface area contributed by atoms with Crippen molar-refractivity contribution in [1.82, 2.24) is 4.98 Å². The van der Waals surface area contributed by atoms with Crippen molar-refractivity contribution in [3.8, 4) is 0 Å². The molecule has 3 fully saturated rings. The van der Waals surface area contributed by atoms with Gasteiger partial charge in [-0.05, 0) is 72.8 Å². The summed E-state index contributed by atoms with van der Waals surface area (Å²) in [5.74, 6) is -2.14. The van der Waals surface area contributed by atoms with Crippen molar-refractivity contribution in [3.63, 3.8) is 0 Å². The summed E-state index contributed by atoms with van der Waals surface area (Å²) in [5, 5.41) is 21.2. The number of H-pyrrole nitrogens is 1. The lowest BCUT2D eigenvalue weighted by atomic mass is 9.61. The monoisotopic (exact) mass is 497 g/mol. The third-order valence-corrected chi connectivity index (χ3v) is 11.5. The molecule has 0 spiro atoms. The van der Waals surface area contributed by atoms with E-state index in [1.807, 2.05) is 6.92 Å². The first kappa shape index (κ1) is 22.5. The second-order valence-corrected chi connectivity index (χ2v) is 13.3. The van der Waals surface area contributed by atoms with Gasteiger partial charge in [0.15, 0.2) is 3.95 Å². The molecule has 2 aromatic rings.